The van der Waals surface area contributed by atoms with E-state index >= 15 is 0 Å². The van der Waals surface area contributed by atoms with Crippen LogP contribution in [0.15, 0.2) is 24.3 Å². The van der Waals surface area contributed by atoms with Crippen LogP contribution < -0.4 is 10.6 Å². The lowest BCUT2D eigenvalue weighted by atomic mass is 9.89. The second kappa shape index (κ2) is 7.79. The monoisotopic (exact) mass is 318 g/mol. The van der Waals surface area contributed by atoms with Crippen molar-refractivity contribution in [3.05, 3.63) is 24.3 Å². The Morgan fingerprint density at radius 3 is 2.43 bits per heavy atom. The fourth-order valence-corrected chi connectivity index (χ4v) is 3.09. The van der Waals surface area contributed by atoms with Gasteiger partial charge in [0.2, 0.25) is 5.91 Å². The number of likely N-dealkylation sites (tertiary alicyclic amines) is 1. The number of piperidine rings is 1. The van der Waals surface area contributed by atoms with Gasteiger partial charge in [-0.15, -0.1) is 0 Å². The maximum atomic E-state index is 11.8. The summed E-state index contributed by atoms with van der Waals surface area (Å²) in [7, 11) is 5.97. The molecule has 0 radical (unpaired) electrons. The Hall–Kier alpha value is -1.59. The molecule has 0 saturated carbocycles. The number of anilines is 2. The highest BCUT2D eigenvalue weighted by molar-refractivity contribution is 5.92. The molecule has 3 atom stereocenters. The smallest absolute Gasteiger partial charge is 0.238 e. The molecule has 0 aliphatic carbocycles. The molecule has 1 aromatic carbocycles. The summed E-state index contributed by atoms with van der Waals surface area (Å²) in [4.78, 5) is 16.0. The van der Waals surface area contributed by atoms with Gasteiger partial charge in [0.15, 0.2) is 0 Å². The van der Waals surface area contributed by atoms with Crippen LogP contribution in [0.4, 0.5) is 11.4 Å². The molecule has 2 rings (SSSR count). The van der Waals surface area contributed by atoms with Crippen LogP contribution in [0.5, 0.6) is 0 Å². The molecule has 1 aliphatic rings. The molecule has 2 N–H and O–H groups in total. The van der Waals surface area contributed by atoms with Crippen molar-refractivity contribution in [3.8, 4) is 0 Å². The van der Waals surface area contributed by atoms with E-state index in [2.05, 4.69) is 36.4 Å². The first-order valence-electron chi connectivity index (χ1n) is 8.36. The van der Waals surface area contributed by atoms with E-state index in [1.54, 1.807) is 0 Å². The van der Waals surface area contributed by atoms with E-state index in [1.807, 2.05) is 43.3 Å². The summed E-state index contributed by atoms with van der Waals surface area (Å²) in [6.45, 7) is 6.10. The van der Waals surface area contributed by atoms with E-state index < -0.39 is 0 Å². The largest absolute Gasteiger partial charge is 0.382 e. The normalized spacial score (nSPS) is 25.4. The zero-order chi connectivity index (χ0) is 17.0. The third-order valence-corrected chi connectivity index (χ3v) is 4.59. The molecule has 0 unspecified atom stereocenters. The van der Waals surface area contributed by atoms with E-state index in [0.29, 0.717) is 24.5 Å². The second-order valence-corrected chi connectivity index (χ2v) is 7.12. The Balaban J connectivity index is 1.91. The third-order valence-electron chi connectivity index (χ3n) is 4.59. The summed E-state index contributed by atoms with van der Waals surface area (Å²) in [5.74, 6) is 0.629. The predicted molar refractivity (Wildman–Crippen MR) is 96.9 cm³/mol. The quantitative estimate of drug-likeness (QED) is 0.875. The van der Waals surface area contributed by atoms with Crippen molar-refractivity contribution in [2.75, 3.05) is 44.9 Å². The zero-order valence-electron chi connectivity index (χ0n) is 15.0. The molecule has 1 aliphatic heterocycles. The topological polar surface area (TPSA) is 47.6 Å². The van der Waals surface area contributed by atoms with Crippen LogP contribution in [0.2, 0.25) is 0 Å². The van der Waals surface area contributed by atoms with Gasteiger partial charge in [-0.1, -0.05) is 6.92 Å². The van der Waals surface area contributed by atoms with Gasteiger partial charge in [0, 0.05) is 30.0 Å². The van der Waals surface area contributed by atoms with Crippen molar-refractivity contribution in [3.63, 3.8) is 0 Å². The molecule has 128 valence electrons. The fourth-order valence-electron chi connectivity index (χ4n) is 3.09. The highest BCUT2D eigenvalue weighted by atomic mass is 16.2. The first kappa shape index (κ1) is 17.8. The van der Waals surface area contributed by atoms with Crippen molar-refractivity contribution in [1.29, 1.82) is 0 Å². The minimum Gasteiger partial charge on any atom is -0.382 e. The zero-order valence-corrected chi connectivity index (χ0v) is 15.0. The molecule has 1 amide bonds. The average Bonchev–Trinajstić information content (AvgIpc) is 2.46. The molecule has 1 saturated heterocycles. The number of rotatable bonds is 5. The second-order valence-electron chi connectivity index (χ2n) is 7.12. The van der Waals surface area contributed by atoms with E-state index in [1.165, 1.54) is 0 Å². The lowest BCUT2D eigenvalue weighted by molar-refractivity contribution is -0.116. The van der Waals surface area contributed by atoms with E-state index in [-0.39, 0.29) is 5.91 Å². The predicted octanol–water partition coefficient (Wildman–Crippen LogP) is 2.33. The number of nitrogens with zero attached hydrogens (tertiary/aromatic N) is 2. The van der Waals surface area contributed by atoms with E-state index in [0.717, 1.165) is 24.3 Å². The van der Waals surface area contributed by atoms with Crippen molar-refractivity contribution < 1.29 is 4.79 Å². The van der Waals surface area contributed by atoms with Gasteiger partial charge in [0.05, 0.1) is 6.54 Å². The Kier molecular flexibility index (Phi) is 6.02. The van der Waals surface area contributed by atoms with Crippen LogP contribution in [0, 0.1) is 5.92 Å². The van der Waals surface area contributed by atoms with E-state index in [4.69, 9.17) is 0 Å². The summed E-state index contributed by atoms with van der Waals surface area (Å²) in [6.07, 6.45) is 1.15. The van der Waals surface area contributed by atoms with Gasteiger partial charge in [-0.2, -0.15) is 0 Å². The van der Waals surface area contributed by atoms with Crippen LogP contribution in [0.1, 0.15) is 20.3 Å². The summed E-state index contributed by atoms with van der Waals surface area (Å²) >= 11 is 0. The minimum atomic E-state index is 0.00785. The lowest BCUT2D eigenvalue weighted by Gasteiger charge is -2.40. The Morgan fingerprint density at radius 1 is 1.22 bits per heavy atom. The molecule has 0 spiro atoms. The number of carbonyl (C=O) groups is 1. The summed E-state index contributed by atoms with van der Waals surface area (Å²) in [5.41, 5.74) is 1.96. The van der Waals surface area contributed by atoms with Gasteiger partial charge >= 0.3 is 0 Å². The van der Waals surface area contributed by atoms with Crippen molar-refractivity contribution in [1.82, 2.24) is 9.80 Å². The first-order valence-corrected chi connectivity index (χ1v) is 8.36. The molecule has 5 nitrogen and oxygen atoms in total. The van der Waals surface area contributed by atoms with Crippen molar-refractivity contribution >= 4 is 17.3 Å². The fraction of sp³-hybridized carbons (Fsp3) is 0.611. The van der Waals surface area contributed by atoms with Crippen molar-refractivity contribution in [2.24, 2.45) is 5.92 Å². The van der Waals surface area contributed by atoms with Gasteiger partial charge in [-0.25, -0.2) is 0 Å². The number of hydrogen-bond acceptors (Lipinski definition) is 4. The van der Waals surface area contributed by atoms with Crippen LogP contribution in [-0.4, -0.2) is 62.0 Å². The number of likely N-dealkylation sites (N-methyl/N-ethyl adjacent to an activating group) is 1. The molecule has 1 fully saturated rings. The third kappa shape index (κ3) is 5.22. The van der Waals surface area contributed by atoms with Gasteiger partial charge in [-0.3, -0.25) is 4.79 Å². The standard InChI is InChI=1S/C18H30N4O/c1-13-11-22(5)14(2)10-17(13)19-15-6-8-16(9-7-15)20-18(23)12-21(3)4/h6-9,13-14,17,19H,10-12H2,1-5H3,(H,20,23)/t13-,14+,17+/m1/s1. The summed E-state index contributed by atoms with van der Waals surface area (Å²) in [6, 6.07) is 9.10. The lowest BCUT2D eigenvalue weighted by Crippen LogP contribution is -2.48. The number of nitrogens with one attached hydrogen (secondary N) is 2. The molecule has 0 bridgehead atoms. The van der Waals surface area contributed by atoms with Crippen LogP contribution in [0.25, 0.3) is 0 Å². The molecule has 23 heavy (non-hydrogen) atoms. The molecule has 5 heteroatoms. The Labute approximate surface area is 140 Å². The molecular formula is C18H30N4O. The highest BCUT2D eigenvalue weighted by Gasteiger charge is 2.28. The molecular weight excluding hydrogens is 288 g/mol. The summed E-state index contributed by atoms with van der Waals surface area (Å²) < 4.78 is 0. The summed E-state index contributed by atoms with van der Waals surface area (Å²) in [5, 5.41) is 6.56. The van der Waals surface area contributed by atoms with Crippen LogP contribution in [-0.2, 0) is 4.79 Å². The SMILES string of the molecule is C[C@@H]1CN(C)[C@@H](C)C[C@@H]1Nc1ccc(NC(=O)CN(C)C)cc1. The number of benzene rings is 1. The van der Waals surface area contributed by atoms with Gasteiger partial charge in [0.25, 0.3) is 0 Å². The van der Waals surface area contributed by atoms with Crippen molar-refractivity contribution in [2.45, 2.75) is 32.4 Å². The Bertz CT molecular complexity index is 514. The van der Waals surface area contributed by atoms with Gasteiger partial charge in [0.1, 0.15) is 0 Å². The van der Waals surface area contributed by atoms with Gasteiger partial charge < -0.3 is 20.4 Å². The number of carbonyl (C=O) groups excluding carboxylic acids is 1. The molecule has 1 heterocycles. The minimum absolute atomic E-state index is 0.00785. The van der Waals surface area contributed by atoms with E-state index in [9.17, 15) is 4.79 Å². The molecule has 0 aromatic heterocycles. The number of amides is 1. The van der Waals surface area contributed by atoms with Crippen LogP contribution >= 0.6 is 0 Å². The molecule has 1 aromatic rings. The number of hydrogen-bond donors (Lipinski definition) is 2. The maximum Gasteiger partial charge on any atom is 0.238 e. The Morgan fingerprint density at radius 2 is 1.83 bits per heavy atom. The maximum absolute atomic E-state index is 11.8. The van der Waals surface area contributed by atoms with Crippen LogP contribution in [0.3, 0.4) is 0 Å². The van der Waals surface area contributed by atoms with Gasteiger partial charge in [-0.05, 0) is 64.7 Å². The first-order chi connectivity index (χ1) is 10.8. The highest BCUT2D eigenvalue weighted by Crippen LogP contribution is 2.25. The average molecular weight is 318 g/mol.